The minimum Gasteiger partial charge on any atom is -0.480 e. The average Bonchev–Trinajstić information content (AvgIpc) is 3.32. The van der Waals surface area contributed by atoms with Crippen LogP contribution >= 0.6 is 0 Å². The third-order valence-corrected chi connectivity index (χ3v) is 6.90. The van der Waals surface area contributed by atoms with Gasteiger partial charge in [-0.25, -0.2) is 8.78 Å². The molecule has 226 valence electrons. The number of aliphatic hydroxyl groups is 1. The molecule has 1 aromatic heterocycles. The summed E-state index contributed by atoms with van der Waals surface area (Å²) in [6.45, 7) is 5.72. The van der Waals surface area contributed by atoms with Crippen molar-refractivity contribution in [3.05, 3.63) is 83.7 Å². The fraction of sp³-hybridized carbons (Fsp3) is 0.387. The Labute approximate surface area is 243 Å². The highest BCUT2D eigenvalue weighted by Crippen LogP contribution is 2.41. The molecule has 3 rings (SSSR count). The summed E-state index contributed by atoms with van der Waals surface area (Å²) in [5.41, 5.74) is 6.68. The van der Waals surface area contributed by atoms with Crippen molar-refractivity contribution in [3.8, 4) is 11.1 Å². The van der Waals surface area contributed by atoms with Gasteiger partial charge in [0.25, 0.3) is 0 Å². The van der Waals surface area contributed by atoms with Gasteiger partial charge in [-0.1, -0.05) is 51.1 Å². The van der Waals surface area contributed by atoms with Crippen molar-refractivity contribution in [2.75, 3.05) is 19.7 Å². The maximum Gasteiger partial charge on any atom is 0.321 e. The molecular weight excluding hydrogens is 546 g/mol. The number of primary amides is 1. The Balaban J connectivity index is 2.03. The molecule has 2 amide bonds. The van der Waals surface area contributed by atoms with Crippen LogP contribution in [0.15, 0.2) is 60.8 Å². The molecule has 0 aliphatic heterocycles. The van der Waals surface area contributed by atoms with Crippen LogP contribution in [0.1, 0.15) is 50.9 Å². The molecule has 3 aromatic rings. The predicted molar refractivity (Wildman–Crippen MR) is 154 cm³/mol. The normalized spacial score (nSPS) is 13.0. The van der Waals surface area contributed by atoms with Crippen molar-refractivity contribution in [3.63, 3.8) is 0 Å². The second kappa shape index (κ2) is 14.2. The molecule has 42 heavy (non-hydrogen) atoms. The highest BCUT2D eigenvalue weighted by molar-refractivity contribution is 5.83. The number of nitrogens with one attached hydrogen (secondary N) is 1. The first-order valence-electron chi connectivity index (χ1n) is 13.7. The fourth-order valence-electron chi connectivity index (χ4n) is 5.07. The number of rotatable bonds is 14. The van der Waals surface area contributed by atoms with E-state index in [1.807, 2.05) is 55.7 Å². The summed E-state index contributed by atoms with van der Waals surface area (Å²) in [6, 6.07) is 12.7. The van der Waals surface area contributed by atoms with E-state index in [0.717, 1.165) is 23.8 Å². The first-order valence-corrected chi connectivity index (χ1v) is 13.7. The molecule has 0 saturated heterocycles. The van der Waals surface area contributed by atoms with Gasteiger partial charge in [-0.3, -0.25) is 14.4 Å². The summed E-state index contributed by atoms with van der Waals surface area (Å²) >= 11 is 0. The smallest absolute Gasteiger partial charge is 0.321 e. The number of carboxylic acids is 1. The zero-order valence-electron chi connectivity index (χ0n) is 24.0. The van der Waals surface area contributed by atoms with Crippen LogP contribution in [-0.4, -0.2) is 63.2 Å². The van der Waals surface area contributed by atoms with Crippen LogP contribution in [-0.2, 0) is 20.9 Å². The molecule has 0 spiro atoms. The summed E-state index contributed by atoms with van der Waals surface area (Å²) in [5, 5.41) is 22.0. The van der Waals surface area contributed by atoms with E-state index in [-0.39, 0.29) is 25.1 Å². The molecule has 0 unspecified atom stereocenters. The number of aromatic nitrogens is 1. The van der Waals surface area contributed by atoms with Gasteiger partial charge in [-0.2, -0.15) is 0 Å². The Morgan fingerprint density at radius 3 is 2.36 bits per heavy atom. The fourth-order valence-corrected chi connectivity index (χ4v) is 5.07. The molecule has 1 heterocycles. The topological polar surface area (TPSA) is 138 Å². The molecule has 2 atom stereocenters. The third-order valence-electron chi connectivity index (χ3n) is 6.90. The second-order valence-electron chi connectivity index (χ2n) is 11.3. The molecule has 0 bridgehead atoms. The van der Waals surface area contributed by atoms with Crippen LogP contribution < -0.4 is 11.1 Å². The number of carboxylic acid groups (broad SMARTS) is 1. The van der Waals surface area contributed by atoms with E-state index in [4.69, 9.17) is 5.73 Å². The molecule has 0 saturated carbocycles. The minimum atomic E-state index is -1.22. The van der Waals surface area contributed by atoms with Gasteiger partial charge in [0.1, 0.15) is 24.3 Å². The summed E-state index contributed by atoms with van der Waals surface area (Å²) in [4.78, 5) is 37.4. The number of aliphatic hydroxyl groups excluding tert-OH is 1. The maximum atomic E-state index is 14.9. The Morgan fingerprint density at radius 1 is 1.07 bits per heavy atom. The van der Waals surface area contributed by atoms with E-state index in [1.165, 1.54) is 4.90 Å². The van der Waals surface area contributed by atoms with Crippen LogP contribution in [0.4, 0.5) is 8.78 Å². The Hall–Kier alpha value is -4.09. The standard InChI is InChI=1S/C31H38F2N4O5/c1-31(2,3)29(37(28(40)19-38)13-7-12-35-25(30(41)42)16-27(34)39)26-14-21(23-15-22(32)10-11-24(23)33)18-36(26)17-20-8-5-4-6-9-20/h4-6,8-11,14-15,18,25,29,35,38H,7,12-13,16-17,19H2,1-3H3,(H2,34,39)(H,41,42)/t25-,29-/m0/s1. The molecule has 5 N–H and O–H groups in total. The van der Waals surface area contributed by atoms with Gasteiger partial charge in [0.15, 0.2) is 0 Å². The molecule has 2 aromatic carbocycles. The van der Waals surface area contributed by atoms with Gasteiger partial charge in [-0.15, -0.1) is 0 Å². The van der Waals surface area contributed by atoms with Crippen molar-refractivity contribution in [2.45, 2.75) is 52.2 Å². The lowest BCUT2D eigenvalue weighted by Crippen LogP contribution is -2.45. The summed E-state index contributed by atoms with van der Waals surface area (Å²) in [7, 11) is 0. The lowest BCUT2D eigenvalue weighted by molar-refractivity contribution is -0.141. The number of halogens is 2. The Bertz CT molecular complexity index is 1390. The SMILES string of the molecule is CC(C)(C)[C@H](c1cc(-c2cc(F)ccc2F)cn1Cc1ccccc1)N(CCCN[C@@H](CC(N)=O)C(=O)O)C(=O)CO. The van der Waals surface area contributed by atoms with Gasteiger partial charge in [-0.05, 0) is 48.2 Å². The average molecular weight is 585 g/mol. The number of hydrogen-bond donors (Lipinski definition) is 4. The van der Waals surface area contributed by atoms with Gasteiger partial charge in [0.2, 0.25) is 11.8 Å². The first kappa shape index (κ1) is 32.4. The number of nitrogens with two attached hydrogens (primary N) is 1. The van der Waals surface area contributed by atoms with Gasteiger partial charge in [0.05, 0.1) is 12.5 Å². The van der Waals surface area contributed by atoms with Gasteiger partial charge < -0.3 is 30.7 Å². The first-order chi connectivity index (χ1) is 19.8. The predicted octanol–water partition coefficient (Wildman–Crippen LogP) is 3.70. The molecule has 0 fully saturated rings. The molecule has 0 aliphatic rings. The van der Waals surface area contributed by atoms with E-state index in [9.17, 15) is 33.4 Å². The monoisotopic (exact) mass is 584 g/mol. The highest BCUT2D eigenvalue weighted by Gasteiger charge is 2.37. The number of hydrogen-bond acceptors (Lipinski definition) is 5. The zero-order chi connectivity index (χ0) is 31.0. The Morgan fingerprint density at radius 2 is 1.76 bits per heavy atom. The molecular formula is C31H38F2N4O5. The van der Waals surface area contributed by atoms with E-state index < -0.39 is 53.5 Å². The van der Waals surface area contributed by atoms with Crippen molar-refractivity contribution < 1.29 is 33.4 Å². The van der Waals surface area contributed by atoms with E-state index in [0.29, 0.717) is 24.2 Å². The van der Waals surface area contributed by atoms with Crippen LogP contribution in [0.5, 0.6) is 0 Å². The quantitative estimate of drug-likeness (QED) is 0.213. The molecule has 9 nitrogen and oxygen atoms in total. The van der Waals surface area contributed by atoms with Crippen LogP contribution in [0.3, 0.4) is 0 Å². The van der Waals surface area contributed by atoms with Crippen molar-refractivity contribution in [2.24, 2.45) is 11.1 Å². The van der Waals surface area contributed by atoms with E-state index >= 15 is 0 Å². The number of amides is 2. The maximum absolute atomic E-state index is 14.9. The van der Waals surface area contributed by atoms with Crippen LogP contribution in [0.2, 0.25) is 0 Å². The third kappa shape index (κ3) is 8.46. The van der Waals surface area contributed by atoms with Crippen LogP contribution in [0.25, 0.3) is 11.1 Å². The van der Waals surface area contributed by atoms with Crippen molar-refractivity contribution in [1.29, 1.82) is 0 Å². The number of benzene rings is 2. The number of carbonyl (C=O) groups is 3. The zero-order valence-corrected chi connectivity index (χ0v) is 24.0. The largest absolute Gasteiger partial charge is 0.480 e. The molecule has 11 heteroatoms. The van der Waals surface area contributed by atoms with E-state index in [1.54, 1.807) is 12.3 Å². The lowest BCUT2D eigenvalue weighted by Gasteiger charge is -2.41. The number of aliphatic carboxylic acids is 1. The summed E-state index contributed by atoms with van der Waals surface area (Å²) < 4.78 is 30.9. The van der Waals surface area contributed by atoms with Crippen molar-refractivity contribution in [1.82, 2.24) is 14.8 Å². The lowest BCUT2D eigenvalue weighted by atomic mass is 9.83. The second-order valence-corrected chi connectivity index (χ2v) is 11.3. The number of nitrogens with zero attached hydrogens (tertiary/aromatic N) is 2. The molecule has 0 radical (unpaired) electrons. The van der Waals surface area contributed by atoms with E-state index in [2.05, 4.69) is 5.32 Å². The Kier molecular flexibility index (Phi) is 11.0. The van der Waals surface area contributed by atoms with Gasteiger partial charge >= 0.3 is 5.97 Å². The highest BCUT2D eigenvalue weighted by atomic mass is 19.1. The van der Waals surface area contributed by atoms with Gasteiger partial charge in [0, 0.05) is 36.1 Å². The molecule has 0 aliphatic carbocycles. The summed E-state index contributed by atoms with van der Waals surface area (Å²) in [5.74, 6) is -3.71. The van der Waals surface area contributed by atoms with Crippen LogP contribution in [0, 0.1) is 17.0 Å². The number of carbonyl (C=O) groups excluding carboxylic acids is 2. The van der Waals surface area contributed by atoms with Crippen molar-refractivity contribution >= 4 is 17.8 Å². The minimum absolute atomic E-state index is 0.0779. The summed E-state index contributed by atoms with van der Waals surface area (Å²) in [6.07, 6.45) is 1.64.